The van der Waals surface area contributed by atoms with Gasteiger partial charge in [0, 0.05) is 10.8 Å². The number of aromatic carboxylic acids is 2. The number of fused-ring (bicyclic) bond motifs is 2. The van der Waals surface area contributed by atoms with Gasteiger partial charge >= 0.3 is 11.9 Å². The number of carboxylic acids is 2. The van der Waals surface area contributed by atoms with E-state index in [1.807, 2.05) is 0 Å². The van der Waals surface area contributed by atoms with E-state index in [9.17, 15) is 29.1 Å². The Bertz CT molecular complexity index is 2310. The number of amides is 1. The molecule has 0 saturated carbocycles. The van der Waals surface area contributed by atoms with Crippen molar-refractivity contribution in [3.63, 3.8) is 0 Å². The molecule has 2 aromatic carbocycles. The fourth-order valence-corrected chi connectivity index (χ4v) is 5.11. The monoisotopic (exact) mass is 606 g/mol. The molecule has 1 aromatic heterocycles. The van der Waals surface area contributed by atoms with Gasteiger partial charge in [0.15, 0.2) is 17.2 Å². The van der Waals surface area contributed by atoms with Gasteiger partial charge in [-0.1, -0.05) is 6.08 Å². The van der Waals surface area contributed by atoms with Gasteiger partial charge in [0.2, 0.25) is 0 Å². The van der Waals surface area contributed by atoms with Gasteiger partial charge < -0.3 is 25.3 Å². The van der Waals surface area contributed by atoms with Crippen LogP contribution >= 0.6 is 0 Å². The molecule has 0 radical (unpaired) electrons. The van der Waals surface area contributed by atoms with Gasteiger partial charge in [-0.3, -0.25) is 14.4 Å². The molecule has 14 heteroatoms. The second-order valence-electron chi connectivity index (χ2n) is 10.1. The summed E-state index contributed by atoms with van der Waals surface area (Å²) in [7, 11) is 0. The number of H-pyrrole nitrogens is 2. The number of nitrogens with zero attached hydrogens (tertiary/aromatic N) is 4. The average Bonchev–Trinajstić information content (AvgIpc) is 3.52. The lowest BCUT2D eigenvalue weighted by molar-refractivity contribution is 0.0686. The summed E-state index contributed by atoms with van der Waals surface area (Å²) >= 11 is 0. The largest absolute Gasteiger partial charge is 0.494 e. The molecule has 14 nitrogen and oxygen atoms in total. The topological polar surface area (TPSA) is 211 Å². The Morgan fingerprint density at radius 3 is 2.02 bits per heavy atom. The molecule has 1 amide bonds. The third-order valence-electron chi connectivity index (χ3n) is 7.46. The zero-order valence-corrected chi connectivity index (χ0v) is 23.5. The van der Waals surface area contributed by atoms with Gasteiger partial charge in [0.1, 0.15) is 0 Å². The summed E-state index contributed by atoms with van der Waals surface area (Å²) in [6.07, 6.45) is 4.44. The minimum absolute atomic E-state index is 0.0433. The molecular formula is C31H22N6O8. The van der Waals surface area contributed by atoms with Crippen LogP contribution in [0.25, 0.3) is 29.2 Å². The standard InChI is InChI=1S/C31H22N6O8/c1-14-20(26(38)32-24-22(14)28(40)36(34-24)18-10-6-16(7-11-18)30(42)43)4-3-5-21-15(2)23-25(33-27(21)39)35-37(29(23)41)19-12-8-17(9-13-19)31(44)45/h3-13H,1-2H3,(H,42,43)(H,44,45)(H,32,34,38)(H2,33,35,39)/b5-3-,20-4+. The van der Waals surface area contributed by atoms with E-state index in [0.29, 0.717) is 22.5 Å². The van der Waals surface area contributed by atoms with Crippen LogP contribution in [0.4, 0.5) is 5.69 Å². The van der Waals surface area contributed by atoms with Crippen molar-refractivity contribution in [3.8, 4) is 23.0 Å². The van der Waals surface area contributed by atoms with Crippen molar-refractivity contribution >= 4 is 35.7 Å². The van der Waals surface area contributed by atoms with Crippen molar-refractivity contribution in [1.82, 2.24) is 19.7 Å². The number of benzene rings is 2. The molecule has 0 atom stereocenters. The van der Waals surface area contributed by atoms with Gasteiger partial charge in [-0.2, -0.15) is 9.69 Å². The number of anilines is 1. The van der Waals surface area contributed by atoms with Gasteiger partial charge in [-0.25, -0.2) is 9.59 Å². The van der Waals surface area contributed by atoms with Crippen LogP contribution in [0.1, 0.15) is 47.8 Å². The number of rotatable bonds is 6. The second kappa shape index (κ2) is 10.6. The predicted octanol–water partition coefficient (Wildman–Crippen LogP) is 1.76. The van der Waals surface area contributed by atoms with E-state index in [1.165, 1.54) is 66.8 Å². The molecule has 0 bridgehead atoms. The summed E-state index contributed by atoms with van der Waals surface area (Å²) in [4.78, 5) is 67.1. The lowest BCUT2D eigenvalue weighted by Gasteiger charge is -2.12. The molecule has 6 rings (SSSR count). The van der Waals surface area contributed by atoms with E-state index < -0.39 is 29.0 Å². The Morgan fingerprint density at radius 1 is 0.822 bits per heavy atom. The maximum atomic E-state index is 13.3. The minimum Gasteiger partial charge on any atom is -0.494 e. The van der Waals surface area contributed by atoms with Gasteiger partial charge in [0.25, 0.3) is 17.0 Å². The van der Waals surface area contributed by atoms with Crippen LogP contribution in [0.5, 0.6) is 5.88 Å². The van der Waals surface area contributed by atoms with Crippen LogP contribution in [0.15, 0.2) is 69.3 Å². The van der Waals surface area contributed by atoms with Crippen molar-refractivity contribution in [1.29, 1.82) is 0 Å². The Hall–Kier alpha value is -6.57. The van der Waals surface area contributed by atoms with Crippen molar-refractivity contribution in [2.45, 2.75) is 13.8 Å². The number of aromatic nitrogens is 4. The highest BCUT2D eigenvalue weighted by Gasteiger charge is 2.28. The fraction of sp³-hybridized carbons (Fsp3) is 0.0645. The highest BCUT2D eigenvalue weighted by Crippen LogP contribution is 2.30. The van der Waals surface area contributed by atoms with Crippen LogP contribution in [0, 0.1) is 13.8 Å². The first-order chi connectivity index (χ1) is 21.5. The predicted molar refractivity (Wildman–Crippen MR) is 160 cm³/mol. The van der Waals surface area contributed by atoms with Crippen molar-refractivity contribution in [2.75, 3.05) is 5.01 Å². The Labute approximate surface area is 251 Å². The second-order valence-corrected chi connectivity index (χ2v) is 10.1. The molecule has 0 fully saturated rings. The van der Waals surface area contributed by atoms with Crippen molar-refractivity contribution in [3.05, 3.63) is 119 Å². The number of hydrogen-bond acceptors (Lipinski definition) is 8. The SMILES string of the molecule is Cc1c(/C=C\C=c2/c(C)c3c([nH]c2=O)=NN(c2ccc(C(=O)O)cc2)C3=O)c(O)[nH]c2nn(-c3ccc(C(=O)O)cc3)c(=O)c1-2. The first kappa shape index (κ1) is 28.5. The lowest BCUT2D eigenvalue weighted by Crippen LogP contribution is -2.38. The summed E-state index contributed by atoms with van der Waals surface area (Å²) in [6.45, 7) is 3.23. The van der Waals surface area contributed by atoms with Crippen LogP contribution in [0.3, 0.4) is 0 Å². The molecule has 224 valence electrons. The van der Waals surface area contributed by atoms with Crippen LogP contribution in [-0.4, -0.2) is 52.9 Å². The van der Waals surface area contributed by atoms with E-state index in [2.05, 4.69) is 20.2 Å². The third-order valence-corrected chi connectivity index (χ3v) is 7.46. The van der Waals surface area contributed by atoms with Crippen LogP contribution < -0.4 is 26.8 Å². The number of carboxylic acid groups (broad SMARTS) is 2. The summed E-state index contributed by atoms with van der Waals surface area (Å²) in [5.74, 6) is -2.89. The highest BCUT2D eigenvalue weighted by atomic mass is 16.4. The van der Waals surface area contributed by atoms with E-state index >= 15 is 0 Å². The van der Waals surface area contributed by atoms with Crippen molar-refractivity contribution in [2.24, 2.45) is 5.10 Å². The summed E-state index contributed by atoms with van der Waals surface area (Å²) < 4.78 is 1.10. The molecule has 45 heavy (non-hydrogen) atoms. The number of hydrogen-bond donors (Lipinski definition) is 5. The summed E-state index contributed by atoms with van der Waals surface area (Å²) in [5.41, 5.74) is 1.20. The third kappa shape index (κ3) is 4.75. The van der Waals surface area contributed by atoms with E-state index in [1.54, 1.807) is 13.8 Å². The van der Waals surface area contributed by atoms with E-state index in [4.69, 9.17) is 10.2 Å². The number of pyridine rings is 2. The molecule has 5 N–H and O–H groups in total. The van der Waals surface area contributed by atoms with Gasteiger partial charge in [-0.05, 0) is 85.7 Å². The number of aromatic hydroxyl groups is 1. The van der Waals surface area contributed by atoms with Gasteiger partial charge in [-0.15, -0.1) is 10.2 Å². The number of carbonyl (C=O) groups excluding carboxylic acids is 1. The lowest BCUT2D eigenvalue weighted by atomic mass is 10.0. The maximum absolute atomic E-state index is 13.3. The molecule has 0 saturated heterocycles. The number of carbonyl (C=O) groups is 3. The molecule has 3 aromatic rings. The Kier molecular flexibility index (Phi) is 6.73. The molecule has 0 spiro atoms. The van der Waals surface area contributed by atoms with Crippen LogP contribution in [-0.2, 0) is 0 Å². The normalized spacial score (nSPS) is 13.1. The molecular weight excluding hydrogens is 584 g/mol. The van der Waals surface area contributed by atoms with Crippen molar-refractivity contribution < 1.29 is 29.7 Å². The van der Waals surface area contributed by atoms with E-state index in [0.717, 1.165) is 9.69 Å². The summed E-state index contributed by atoms with van der Waals surface area (Å²) in [6, 6.07) is 11.2. The molecule has 3 aliphatic heterocycles. The average molecular weight is 607 g/mol. The Morgan fingerprint density at radius 2 is 1.42 bits per heavy atom. The number of allylic oxidation sites excluding steroid dienone is 1. The smallest absolute Gasteiger partial charge is 0.335 e. The quantitative estimate of drug-likeness (QED) is 0.190. The van der Waals surface area contributed by atoms with E-state index in [-0.39, 0.29) is 50.2 Å². The molecule has 0 aliphatic carbocycles. The zero-order valence-electron chi connectivity index (χ0n) is 23.5. The highest BCUT2D eigenvalue weighted by molar-refractivity contribution is 6.08. The Balaban J connectivity index is 1.35. The summed E-state index contributed by atoms with van der Waals surface area (Å²) in [5, 5.41) is 38.7. The number of nitrogens with one attached hydrogen (secondary N) is 2. The maximum Gasteiger partial charge on any atom is 0.335 e. The fourth-order valence-electron chi connectivity index (χ4n) is 5.11. The first-order valence-corrected chi connectivity index (χ1v) is 13.3. The van der Waals surface area contributed by atoms with Crippen LogP contribution in [0.2, 0.25) is 0 Å². The molecule has 0 unspecified atom stereocenters. The number of aromatic amines is 2. The zero-order chi connectivity index (χ0) is 32.2. The minimum atomic E-state index is -1.11. The molecule has 4 heterocycles. The molecule has 3 aliphatic rings. The van der Waals surface area contributed by atoms with Gasteiger partial charge in [0.05, 0.1) is 33.6 Å². The first-order valence-electron chi connectivity index (χ1n) is 13.3.